The highest BCUT2D eigenvalue weighted by atomic mass is 16.5. The van der Waals surface area contributed by atoms with E-state index in [4.69, 9.17) is 4.74 Å². The maximum Gasteiger partial charge on any atom is 0.413 e. The highest BCUT2D eigenvalue weighted by Gasteiger charge is 2.17. The van der Waals surface area contributed by atoms with E-state index in [1.165, 1.54) is 12.0 Å². The number of anilines is 1. The van der Waals surface area contributed by atoms with Crippen molar-refractivity contribution in [3.8, 4) is 0 Å². The topological polar surface area (TPSA) is 38.8 Å². The summed E-state index contributed by atoms with van der Waals surface area (Å²) in [5.41, 5.74) is 1.75. The molecule has 1 amide bonds. The van der Waals surface area contributed by atoms with Crippen LogP contribution in [-0.2, 0) is 9.47 Å². The molecule has 88 valence electrons. The molecule has 0 saturated heterocycles. The number of benzene rings is 1. The summed E-state index contributed by atoms with van der Waals surface area (Å²) in [4.78, 5) is 12.9. The van der Waals surface area contributed by atoms with Crippen LogP contribution in [0.25, 0.3) is 0 Å². The first-order chi connectivity index (χ1) is 7.61. The van der Waals surface area contributed by atoms with Gasteiger partial charge >= 0.3 is 6.09 Å². The SMILES string of the molecule is COC(=O)N(C)c1ccccc1C(C)OC. The summed E-state index contributed by atoms with van der Waals surface area (Å²) in [6.45, 7) is 1.93. The van der Waals surface area contributed by atoms with Crippen LogP contribution < -0.4 is 4.90 Å². The Morgan fingerprint density at radius 3 is 2.50 bits per heavy atom. The van der Waals surface area contributed by atoms with Crippen LogP contribution in [0.5, 0.6) is 0 Å². The molecular weight excluding hydrogens is 206 g/mol. The smallest absolute Gasteiger partial charge is 0.413 e. The molecule has 4 nitrogen and oxygen atoms in total. The van der Waals surface area contributed by atoms with Crippen LogP contribution in [0.4, 0.5) is 10.5 Å². The van der Waals surface area contributed by atoms with E-state index in [1.807, 2.05) is 31.2 Å². The van der Waals surface area contributed by atoms with Gasteiger partial charge < -0.3 is 9.47 Å². The third-order valence-corrected chi connectivity index (χ3v) is 2.54. The molecule has 0 heterocycles. The van der Waals surface area contributed by atoms with Gasteiger partial charge in [-0.05, 0) is 13.0 Å². The lowest BCUT2D eigenvalue weighted by molar-refractivity contribution is 0.120. The fourth-order valence-corrected chi connectivity index (χ4v) is 1.50. The zero-order chi connectivity index (χ0) is 12.1. The van der Waals surface area contributed by atoms with Gasteiger partial charge in [0, 0.05) is 19.7 Å². The second-order valence-corrected chi connectivity index (χ2v) is 3.47. The van der Waals surface area contributed by atoms with Crippen molar-refractivity contribution in [1.29, 1.82) is 0 Å². The molecule has 1 aromatic carbocycles. The van der Waals surface area contributed by atoms with Crippen molar-refractivity contribution in [3.05, 3.63) is 29.8 Å². The summed E-state index contributed by atoms with van der Waals surface area (Å²) in [5, 5.41) is 0. The van der Waals surface area contributed by atoms with Crippen LogP contribution in [0.2, 0.25) is 0 Å². The van der Waals surface area contributed by atoms with Crippen LogP contribution in [-0.4, -0.2) is 27.4 Å². The van der Waals surface area contributed by atoms with Gasteiger partial charge in [0.2, 0.25) is 0 Å². The molecule has 0 saturated carbocycles. The zero-order valence-electron chi connectivity index (χ0n) is 10.1. The van der Waals surface area contributed by atoms with Crippen LogP contribution in [0.3, 0.4) is 0 Å². The summed E-state index contributed by atoms with van der Waals surface area (Å²) in [6.07, 6.45) is -0.459. The molecule has 16 heavy (non-hydrogen) atoms. The molecule has 0 fully saturated rings. The van der Waals surface area contributed by atoms with Gasteiger partial charge in [-0.1, -0.05) is 18.2 Å². The summed E-state index contributed by atoms with van der Waals surface area (Å²) < 4.78 is 9.94. The Kier molecular flexibility index (Phi) is 4.31. The summed E-state index contributed by atoms with van der Waals surface area (Å²) in [5.74, 6) is 0. The van der Waals surface area contributed by atoms with Gasteiger partial charge in [0.15, 0.2) is 0 Å². The first-order valence-electron chi connectivity index (χ1n) is 5.05. The molecule has 0 aliphatic carbocycles. The van der Waals surface area contributed by atoms with Crippen molar-refractivity contribution in [2.75, 3.05) is 26.2 Å². The Labute approximate surface area is 95.8 Å². The monoisotopic (exact) mass is 223 g/mol. The van der Waals surface area contributed by atoms with Gasteiger partial charge in [-0.25, -0.2) is 4.79 Å². The maximum atomic E-state index is 11.4. The molecule has 1 aromatic rings. The highest BCUT2D eigenvalue weighted by Crippen LogP contribution is 2.27. The summed E-state index contributed by atoms with van der Waals surface area (Å²) in [6, 6.07) is 7.59. The number of hydrogen-bond acceptors (Lipinski definition) is 3. The number of methoxy groups -OCH3 is 2. The van der Waals surface area contributed by atoms with E-state index in [9.17, 15) is 4.79 Å². The molecule has 0 spiro atoms. The van der Waals surface area contributed by atoms with E-state index in [0.29, 0.717) is 0 Å². The van der Waals surface area contributed by atoms with Crippen LogP contribution in [0.1, 0.15) is 18.6 Å². The number of carbonyl (C=O) groups is 1. The van der Waals surface area contributed by atoms with Gasteiger partial charge in [-0.3, -0.25) is 4.90 Å². The van der Waals surface area contributed by atoms with E-state index < -0.39 is 6.09 Å². The highest BCUT2D eigenvalue weighted by molar-refractivity contribution is 5.88. The van der Waals surface area contributed by atoms with Gasteiger partial charge in [-0.15, -0.1) is 0 Å². The van der Waals surface area contributed by atoms with E-state index in [1.54, 1.807) is 14.2 Å². The third-order valence-electron chi connectivity index (χ3n) is 2.54. The molecule has 0 aliphatic rings. The minimum absolute atomic E-state index is 0.0664. The van der Waals surface area contributed by atoms with E-state index in [-0.39, 0.29) is 6.10 Å². The fraction of sp³-hybridized carbons (Fsp3) is 0.417. The Balaban J connectivity index is 3.07. The van der Waals surface area contributed by atoms with Crippen molar-refractivity contribution in [1.82, 2.24) is 0 Å². The van der Waals surface area contributed by atoms with E-state index >= 15 is 0 Å². The molecule has 0 N–H and O–H groups in total. The maximum absolute atomic E-state index is 11.4. The van der Waals surface area contributed by atoms with Gasteiger partial charge in [-0.2, -0.15) is 0 Å². The number of hydrogen-bond donors (Lipinski definition) is 0. The molecule has 0 radical (unpaired) electrons. The number of amides is 1. The minimum atomic E-state index is -0.393. The zero-order valence-corrected chi connectivity index (χ0v) is 10.1. The summed E-state index contributed by atoms with van der Waals surface area (Å²) in [7, 11) is 4.67. The largest absolute Gasteiger partial charge is 0.452 e. The normalized spacial score (nSPS) is 12.0. The minimum Gasteiger partial charge on any atom is -0.452 e. The lowest BCUT2D eigenvalue weighted by atomic mass is 10.1. The molecule has 1 rings (SSSR count). The van der Waals surface area contributed by atoms with Gasteiger partial charge in [0.05, 0.1) is 18.9 Å². The number of ether oxygens (including phenoxy) is 2. The molecule has 0 aromatic heterocycles. The molecule has 0 aliphatic heterocycles. The molecule has 1 atom stereocenters. The number of nitrogens with zero attached hydrogens (tertiary/aromatic N) is 1. The van der Waals surface area contributed by atoms with Crippen LogP contribution >= 0.6 is 0 Å². The van der Waals surface area contributed by atoms with Gasteiger partial charge in [0.1, 0.15) is 0 Å². The lowest BCUT2D eigenvalue weighted by Crippen LogP contribution is -2.27. The van der Waals surface area contributed by atoms with E-state index in [2.05, 4.69) is 4.74 Å². The Bertz CT molecular complexity index is 365. The summed E-state index contributed by atoms with van der Waals surface area (Å²) >= 11 is 0. The second-order valence-electron chi connectivity index (χ2n) is 3.47. The van der Waals surface area contributed by atoms with Crippen LogP contribution in [0, 0.1) is 0 Å². The van der Waals surface area contributed by atoms with Crippen molar-refractivity contribution in [3.63, 3.8) is 0 Å². The molecule has 4 heteroatoms. The Morgan fingerprint density at radius 1 is 1.31 bits per heavy atom. The Hall–Kier alpha value is -1.55. The van der Waals surface area contributed by atoms with Gasteiger partial charge in [0.25, 0.3) is 0 Å². The average Bonchev–Trinajstić information content (AvgIpc) is 2.35. The molecule has 0 bridgehead atoms. The molecular formula is C12H17NO3. The van der Waals surface area contributed by atoms with Crippen LogP contribution in [0.15, 0.2) is 24.3 Å². The van der Waals surface area contributed by atoms with Crippen molar-refractivity contribution in [2.24, 2.45) is 0 Å². The van der Waals surface area contributed by atoms with Crippen molar-refractivity contribution in [2.45, 2.75) is 13.0 Å². The van der Waals surface area contributed by atoms with Crippen molar-refractivity contribution >= 4 is 11.8 Å². The lowest BCUT2D eigenvalue weighted by Gasteiger charge is -2.21. The number of carbonyl (C=O) groups excluding carboxylic acids is 1. The van der Waals surface area contributed by atoms with Crippen molar-refractivity contribution < 1.29 is 14.3 Å². The Morgan fingerprint density at radius 2 is 1.94 bits per heavy atom. The quantitative estimate of drug-likeness (QED) is 0.790. The fourth-order valence-electron chi connectivity index (χ4n) is 1.50. The second kappa shape index (κ2) is 5.51. The van der Waals surface area contributed by atoms with E-state index in [0.717, 1.165) is 11.3 Å². The average molecular weight is 223 g/mol. The number of para-hydroxylation sites is 1. The standard InChI is InChI=1S/C12H17NO3/c1-9(15-3)10-7-5-6-8-11(10)13(2)12(14)16-4/h5-9H,1-4H3. The predicted molar refractivity (Wildman–Crippen MR) is 62.7 cm³/mol. The first kappa shape index (κ1) is 12.5. The first-order valence-corrected chi connectivity index (χ1v) is 5.05. The third kappa shape index (κ3) is 2.52. The number of rotatable bonds is 3. The molecule has 1 unspecified atom stereocenters. The predicted octanol–water partition coefficient (Wildman–Crippen LogP) is 2.60.